The van der Waals surface area contributed by atoms with Crippen LogP contribution in [-0.2, 0) is 11.2 Å². The summed E-state index contributed by atoms with van der Waals surface area (Å²) in [6.07, 6.45) is 1.21. The minimum absolute atomic E-state index is 0.135. The summed E-state index contributed by atoms with van der Waals surface area (Å²) in [6, 6.07) is 8.57. The van der Waals surface area contributed by atoms with E-state index in [1.807, 2.05) is 0 Å². The van der Waals surface area contributed by atoms with Crippen molar-refractivity contribution in [1.29, 1.82) is 0 Å². The first-order chi connectivity index (χ1) is 8.62. The molecule has 1 aromatic carbocycles. The molecule has 0 saturated carbocycles. The van der Waals surface area contributed by atoms with Gasteiger partial charge < -0.3 is 10.1 Å². The summed E-state index contributed by atoms with van der Waals surface area (Å²) < 4.78 is 5.86. The van der Waals surface area contributed by atoms with Crippen LogP contribution in [0.25, 0.3) is 0 Å². The topological polar surface area (TPSA) is 21.3 Å². The Balaban J connectivity index is 1.92. The molecule has 0 spiro atoms. The van der Waals surface area contributed by atoms with Gasteiger partial charge in [-0.05, 0) is 23.0 Å². The second-order valence-electron chi connectivity index (χ2n) is 5.74. The van der Waals surface area contributed by atoms with Crippen LogP contribution in [0.1, 0.15) is 31.1 Å². The van der Waals surface area contributed by atoms with Gasteiger partial charge >= 0.3 is 0 Å². The van der Waals surface area contributed by atoms with Gasteiger partial charge in [-0.3, -0.25) is 0 Å². The van der Waals surface area contributed by atoms with E-state index in [1.54, 1.807) is 0 Å². The Morgan fingerprint density at radius 2 is 2.17 bits per heavy atom. The Morgan fingerprint density at radius 1 is 1.39 bits per heavy atom. The molecule has 2 nitrogen and oxygen atoms in total. The fraction of sp³-hybridized carbons (Fsp3) is 0.600. The van der Waals surface area contributed by atoms with Crippen LogP contribution in [0.4, 0.5) is 0 Å². The van der Waals surface area contributed by atoms with Crippen LogP contribution in [0, 0.1) is 5.41 Å². The average molecular weight is 268 g/mol. The molecule has 1 aromatic rings. The van der Waals surface area contributed by atoms with E-state index < -0.39 is 0 Å². The monoisotopic (exact) mass is 267 g/mol. The van der Waals surface area contributed by atoms with Crippen molar-refractivity contribution in [2.75, 3.05) is 25.6 Å². The van der Waals surface area contributed by atoms with Crippen molar-refractivity contribution < 1.29 is 4.74 Å². The Morgan fingerprint density at radius 3 is 2.94 bits per heavy atom. The lowest BCUT2D eigenvalue weighted by Crippen LogP contribution is -2.35. The van der Waals surface area contributed by atoms with Gasteiger partial charge in [0.05, 0.1) is 12.7 Å². The van der Waals surface area contributed by atoms with E-state index in [1.165, 1.54) is 11.1 Å². The molecule has 3 heteroatoms. The second-order valence-corrected chi connectivity index (χ2v) is 6.00. The van der Waals surface area contributed by atoms with E-state index in [9.17, 15) is 0 Å². The highest BCUT2D eigenvalue weighted by atomic mass is 35.5. The predicted molar refractivity (Wildman–Crippen MR) is 76.2 cm³/mol. The van der Waals surface area contributed by atoms with E-state index in [0.29, 0.717) is 5.88 Å². The number of alkyl halides is 1. The highest BCUT2D eigenvalue weighted by Gasteiger charge is 2.21. The van der Waals surface area contributed by atoms with E-state index in [0.717, 1.165) is 26.1 Å². The molecule has 0 aliphatic carbocycles. The van der Waals surface area contributed by atoms with Crippen molar-refractivity contribution in [3.05, 3.63) is 35.4 Å². The lowest BCUT2D eigenvalue weighted by molar-refractivity contribution is 0.0413. The normalized spacial score (nSPS) is 19.6. The number of fused-ring (bicyclic) bond motifs is 1. The molecule has 1 unspecified atom stereocenters. The van der Waals surface area contributed by atoms with Crippen molar-refractivity contribution in [3.8, 4) is 0 Å². The fourth-order valence-corrected chi connectivity index (χ4v) is 2.33. The van der Waals surface area contributed by atoms with Crippen molar-refractivity contribution in [3.63, 3.8) is 0 Å². The van der Waals surface area contributed by atoms with Gasteiger partial charge in [0.15, 0.2) is 0 Å². The van der Waals surface area contributed by atoms with Gasteiger partial charge in [0, 0.05) is 19.0 Å². The lowest BCUT2D eigenvalue weighted by Gasteiger charge is -2.28. The number of hydrogen-bond acceptors (Lipinski definition) is 2. The first-order valence-electron chi connectivity index (χ1n) is 6.58. The quantitative estimate of drug-likeness (QED) is 0.828. The van der Waals surface area contributed by atoms with Gasteiger partial charge in [0.1, 0.15) is 0 Å². The maximum absolute atomic E-state index is 5.92. The van der Waals surface area contributed by atoms with Gasteiger partial charge in [0.2, 0.25) is 0 Å². The van der Waals surface area contributed by atoms with Gasteiger partial charge in [-0.1, -0.05) is 38.1 Å². The van der Waals surface area contributed by atoms with Crippen molar-refractivity contribution in [1.82, 2.24) is 5.32 Å². The SMILES string of the molecule is CC(C)(CCl)CNCC1OCCc2ccccc21. The molecule has 0 bridgehead atoms. The Labute approximate surface area is 115 Å². The number of hydrogen-bond donors (Lipinski definition) is 1. The van der Waals surface area contributed by atoms with E-state index in [2.05, 4.69) is 43.4 Å². The fourth-order valence-electron chi connectivity index (χ4n) is 2.23. The largest absolute Gasteiger partial charge is 0.372 e. The minimum Gasteiger partial charge on any atom is -0.372 e. The zero-order valence-electron chi connectivity index (χ0n) is 11.2. The zero-order chi connectivity index (χ0) is 13.0. The number of ether oxygens (including phenoxy) is 1. The molecule has 1 aliphatic rings. The van der Waals surface area contributed by atoms with E-state index in [-0.39, 0.29) is 11.5 Å². The van der Waals surface area contributed by atoms with Gasteiger partial charge in [-0.25, -0.2) is 0 Å². The van der Waals surface area contributed by atoms with Gasteiger partial charge in [-0.2, -0.15) is 0 Å². The molecule has 18 heavy (non-hydrogen) atoms. The summed E-state index contributed by atoms with van der Waals surface area (Å²) in [5.74, 6) is 0.669. The van der Waals surface area contributed by atoms with Gasteiger partial charge in [-0.15, -0.1) is 11.6 Å². The molecule has 100 valence electrons. The summed E-state index contributed by atoms with van der Waals surface area (Å²) >= 11 is 5.92. The van der Waals surface area contributed by atoms with E-state index in [4.69, 9.17) is 16.3 Å². The molecule has 0 amide bonds. The third-order valence-electron chi connectivity index (χ3n) is 3.39. The number of rotatable bonds is 5. The molecule has 1 aliphatic heterocycles. The third kappa shape index (κ3) is 3.47. The van der Waals surface area contributed by atoms with Crippen LogP contribution < -0.4 is 5.32 Å². The summed E-state index contributed by atoms with van der Waals surface area (Å²) in [5, 5.41) is 3.48. The molecular weight excluding hydrogens is 246 g/mol. The van der Waals surface area contributed by atoms with Crippen LogP contribution in [-0.4, -0.2) is 25.6 Å². The Kier molecular flexibility index (Phi) is 4.66. The molecule has 0 saturated heterocycles. The molecule has 0 fully saturated rings. The molecule has 1 heterocycles. The number of nitrogens with one attached hydrogen (secondary N) is 1. The maximum atomic E-state index is 5.92. The highest BCUT2D eigenvalue weighted by molar-refractivity contribution is 6.18. The first-order valence-corrected chi connectivity index (χ1v) is 7.12. The summed E-state index contributed by atoms with van der Waals surface area (Å²) in [6.45, 7) is 6.93. The van der Waals surface area contributed by atoms with Crippen molar-refractivity contribution >= 4 is 11.6 Å². The Bertz CT molecular complexity index is 392. The zero-order valence-corrected chi connectivity index (χ0v) is 12.0. The minimum atomic E-state index is 0.135. The molecule has 1 N–H and O–H groups in total. The first kappa shape index (κ1) is 13.9. The average Bonchev–Trinajstić information content (AvgIpc) is 2.39. The Hall–Kier alpha value is -0.570. The standard InChI is InChI=1S/C15H22ClNO/c1-15(2,10-16)11-17-9-14-13-6-4-3-5-12(13)7-8-18-14/h3-6,14,17H,7-11H2,1-2H3. The van der Waals surface area contributed by atoms with Crippen LogP contribution in [0.2, 0.25) is 0 Å². The predicted octanol–water partition coefficient (Wildman–Crippen LogP) is 3.16. The summed E-state index contributed by atoms with van der Waals surface area (Å²) in [7, 11) is 0. The second kappa shape index (κ2) is 6.05. The van der Waals surface area contributed by atoms with E-state index >= 15 is 0 Å². The van der Waals surface area contributed by atoms with Crippen LogP contribution >= 0.6 is 11.6 Å². The summed E-state index contributed by atoms with van der Waals surface area (Å²) in [4.78, 5) is 0. The maximum Gasteiger partial charge on any atom is 0.0952 e. The van der Waals surface area contributed by atoms with Crippen LogP contribution in [0.3, 0.4) is 0 Å². The molecule has 2 rings (SSSR count). The number of halogens is 1. The van der Waals surface area contributed by atoms with Crippen molar-refractivity contribution in [2.45, 2.75) is 26.4 Å². The molecule has 1 atom stereocenters. The van der Waals surface area contributed by atoms with Crippen molar-refractivity contribution in [2.24, 2.45) is 5.41 Å². The lowest BCUT2D eigenvalue weighted by atomic mass is 9.95. The van der Waals surface area contributed by atoms with Crippen LogP contribution in [0.15, 0.2) is 24.3 Å². The van der Waals surface area contributed by atoms with Gasteiger partial charge in [0.25, 0.3) is 0 Å². The number of benzene rings is 1. The third-order valence-corrected chi connectivity index (χ3v) is 4.11. The smallest absolute Gasteiger partial charge is 0.0952 e. The summed E-state index contributed by atoms with van der Waals surface area (Å²) in [5.41, 5.74) is 2.89. The molecular formula is C15H22ClNO. The highest BCUT2D eigenvalue weighted by Crippen LogP contribution is 2.26. The molecule has 0 radical (unpaired) electrons. The van der Waals surface area contributed by atoms with Crippen LogP contribution in [0.5, 0.6) is 0 Å². The molecule has 0 aromatic heterocycles.